The van der Waals surface area contributed by atoms with E-state index in [0.29, 0.717) is 17.1 Å². The molecule has 20 heavy (non-hydrogen) atoms. The number of hydrogen-bond acceptors (Lipinski definition) is 3. The number of furan rings is 1. The Morgan fingerprint density at radius 2 is 2.25 bits per heavy atom. The first-order chi connectivity index (χ1) is 9.66. The standard InChI is InChI=1S/C15H16ClNO2S/c1-11-4-5-13(14(16)9-11)15(18)17-6-8-20-10-12-3-2-7-19-12/h2-5,7,9H,6,8,10H2,1H3,(H,17,18). The Balaban J connectivity index is 1.72. The van der Waals surface area contributed by atoms with Gasteiger partial charge in [-0.25, -0.2) is 0 Å². The average Bonchev–Trinajstić information content (AvgIpc) is 2.91. The Kier molecular flexibility index (Phi) is 5.56. The molecule has 0 saturated heterocycles. The molecule has 106 valence electrons. The maximum Gasteiger partial charge on any atom is 0.252 e. The van der Waals surface area contributed by atoms with Gasteiger partial charge in [-0.1, -0.05) is 17.7 Å². The molecule has 0 atom stereocenters. The van der Waals surface area contributed by atoms with Gasteiger partial charge in [0, 0.05) is 12.3 Å². The van der Waals surface area contributed by atoms with Crippen LogP contribution in [0, 0.1) is 6.92 Å². The Morgan fingerprint density at radius 3 is 2.95 bits per heavy atom. The van der Waals surface area contributed by atoms with Crippen molar-refractivity contribution in [2.75, 3.05) is 12.3 Å². The van der Waals surface area contributed by atoms with E-state index in [1.807, 2.05) is 25.1 Å². The van der Waals surface area contributed by atoms with Gasteiger partial charge in [0.1, 0.15) is 5.76 Å². The van der Waals surface area contributed by atoms with Crippen LogP contribution < -0.4 is 5.32 Å². The molecule has 0 aliphatic carbocycles. The number of aryl methyl sites for hydroxylation is 1. The van der Waals surface area contributed by atoms with Crippen LogP contribution in [0.2, 0.25) is 5.02 Å². The summed E-state index contributed by atoms with van der Waals surface area (Å²) >= 11 is 7.77. The fourth-order valence-corrected chi connectivity index (χ4v) is 2.78. The van der Waals surface area contributed by atoms with Gasteiger partial charge in [-0.15, -0.1) is 0 Å². The molecular formula is C15H16ClNO2S. The first-order valence-electron chi connectivity index (χ1n) is 6.31. The van der Waals surface area contributed by atoms with Gasteiger partial charge in [0.2, 0.25) is 0 Å². The number of amides is 1. The Morgan fingerprint density at radius 1 is 1.40 bits per heavy atom. The van der Waals surface area contributed by atoms with E-state index in [2.05, 4.69) is 5.32 Å². The summed E-state index contributed by atoms with van der Waals surface area (Å²) < 4.78 is 5.23. The van der Waals surface area contributed by atoms with E-state index in [1.165, 1.54) is 0 Å². The van der Waals surface area contributed by atoms with Crippen LogP contribution in [-0.4, -0.2) is 18.2 Å². The molecule has 0 spiro atoms. The monoisotopic (exact) mass is 309 g/mol. The van der Waals surface area contributed by atoms with Gasteiger partial charge in [0.15, 0.2) is 0 Å². The van der Waals surface area contributed by atoms with Gasteiger partial charge >= 0.3 is 0 Å². The second-order valence-electron chi connectivity index (χ2n) is 4.37. The molecule has 0 radical (unpaired) electrons. The zero-order valence-electron chi connectivity index (χ0n) is 11.2. The van der Waals surface area contributed by atoms with Crippen molar-refractivity contribution in [1.29, 1.82) is 0 Å². The molecule has 0 aliphatic rings. The number of carbonyl (C=O) groups is 1. The SMILES string of the molecule is Cc1ccc(C(=O)NCCSCc2ccco2)c(Cl)c1. The van der Waals surface area contributed by atoms with Crippen LogP contribution in [-0.2, 0) is 5.75 Å². The molecule has 5 heteroatoms. The minimum atomic E-state index is -0.131. The summed E-state index contributed by atoms with van der Waals surface area (Å²) in [6, 6.07) is 9.24. The van der Waals surface area contributed by atoms with Crippen molar-refractivity contribution < 1.29 is 9.21 Å². The summed E-state index contributed by atoms with van der Waals surface area (Å²) in [5.74, 6) is 2.46. The summed E-state index contributed by atoms with van der Waals surface area (Å²) in [6.45, 7) is 2.55. The maximum absolute atomic E-state index is 11.9. The molecule has 3 nitrogen and oxygen atoms in total. The number of thioether (sulfide) groups is 1. The van der Waals surface area contributed by atoms with Gasteiger partial charge < -0.3 is 9.73 Å². The van der Waals surface area contributed by atoms with Gasteiger partial charge in [-0.3, -0.25) is 4.79 Å². The fourth-order valence-electron chi connectivity index (χ4n) is 1.70. The molecule has 0 fully saturated rings. The van der Waals surface area contributed by atoms with Gasteiger partial charge in [0.05, 0.1) is 22.6 Å². The lowest BCUT2D eigenvalue weighted by molar-refractivity contribution is 0.0956. The normalized spacial score (nSPS) is 10.5. The van der Waals surface area contributed by atoms with Crippen LogP contribution in [0.1, 0.15) is 21.7 Å². The molecule has 0 unspecified atom stereocenters. The largest absolute Gasteiger partial charge is 0.468 e. The van der Waals surface area contributed by atoms with E-state index in [0.717, 1.165) is 22.8 Å². The third kappa shape index (κ3) is 4.32. The number of carbonyl (C=O) groups excluding carboxylic acids is 1. The molecule has 0 aliphatic heterocycles. The Bertz CT molecular complexity index is 569. The van der Waals surface area contributed by atoms with E-state index in [-0.39, 0.29) is 5.91 Å². The Labute approximate surface area is 127 Å². The average molecular weight is 310 g/mol. The first kappa shape index (κ1) is 15.0. The minimum absolute atomic E-state index is 0.131. The number of halogens is 1. The van der Waals surface area contributed by atoms with Crippen LogP contribution in [0.15, 0.2) is 41.0 Å². The lowest BCUT2D eigenvalue weighted by Crippen LogP contribution is -2.26. The molecule has 2 aromatic rings. The number of rotatable bonds is 6. The number of benzene rings is 1. The van der Waals surface area contributed by atoms with Gasteiger partial charge in [-0.05, 0) is 36.8 Å². The quantitative estimate of drug-likeness (QED) is 0.823. The predicted molar refractivity (Wildman–Crippen MR) is 83.4 cm³/mol. The third-order valence-electron chi connectivity index (χ3n) is 2.73. The van der Waals surface area contributed by atoms with Crippen LogP contribution >= 0.6 is 23.4 Å². The van der Waals surface area contributed by atoms with E-state index in [4.69, 9.17) is 16.0 Å². The summed E-state index contributed by atoms with van der Waals surface area (Å²) in [5, 5.41) is 3.36. The molecule has 0 bridgehead atoms. The highest BCUT2D eigenvalue weighted by Crippen LogP contribution is 2.17. The van der Waals surface area contributed by atoms with Crippen LogP contribution in [0.25, 0.3) is 0 Å². The summed E-state index contributed by atoms with van der Waals surface area (Å²) in [6.07, 6.45) is 1.66. The Hall–Kier alpha value is -1.39. The zero-order chi connectivity index (χ0) is 14.4. The summed E-state index contributed by atoms with van der Waals surface area (Å²) in [4.78, 5) is 11.9. The van der Waals surface area contributed by atoms with E-state index >= 15 is 0 Å². The second kappa shape index (κ2) is 7.41. The number of hydrogen-bond donors (Lipinski definition) is 1. The van der Waals surface area contributed by atoms with Crippen molar-refractivity contribution in [1.82, 2.24) is 5.32 Å². The number of nitrogens with one attached hydrogen (secondary N) is 1. The van der Waals surface area contributed by atoms with Crippen LogP contribution in [0.5, 0.6) is 0 Å². The lowest BCUT2D eigenvalue weighted by Gasteiger charge is -2.07. The van der Waals surface area contributed by atoms with Crippen molar-refractivity contribution >= 4 is 29.3 Å². The highest BCUT2D eigenvalue weighted by molar-refractivity contribution is 7.98. The van der Waals surface area contributed by atoms with Crippen molar-refractivity contribution in [3.63, 3.8) is 0 Å². The van der Waals surface area contributed by atoms with E-state index in [9.17, 15) is 4.79 Å². The smallest absolute Gasteiger partial charge is 0.252 e. The second-order valence-corrected chi connectivity index (χ2v) is 5.88. The molecule has 2 rings (SSSR count). The van der Waals surface area contributed by atoms with Crippen molar-refractivity contribution in [2.24, 2.45) is 0 Å². The van der Waals surface area contributed by atoms with Gasteiger partial charge in [0.25, 0.3) is 5.91 Å². The maximum atomic E-state index is 11.9. The van der Waals surface area contributed by atoms with E-state index in [1.54, 1.807) is 30.2 Å². The first-order valence-corrected chi connectivity index (χ1v) is 7.84. The zero-order valence-corrected chi connectivity index (χ0v) is 12.8. The summed E-state index contributed by atoms with van der Waals surface area (Å²) in [5.41, 5.74) is 1.56. The van der Waals surface area contributed by atoms with Crippen molar-refractivity contribution in [2.45, 2.75) is 12.7 Å². The topological polar surface area (TPSA) is 42.2 Å². The molecule has 1 aromatic carbocycles. The predicted octanol–water partition coefficient (Wildman–Crippen LogP) is 3.90. The molecule has 1 aromatic heterocycles. The molecule has 0 saturated carbocycles. The highest BCUT2D eigenvalue weighted by atomic mass is 35.5. The van der Waals surface area contributed by atoms with Gasteiger partial charge in [-0.2, -0.15) is 11.8 Å². The molecular weight excluding hydrogens is 294 g/mol. The molecule has 1 amide bonds. The highest BCUT2D eigenvalue weighted by Gasteiger charge is 2.09. The fraction of sp³-hybridized carbons (Fsp3) is 0.267. The molecule has 1 N–H and O–H groups in total. The van der Waals surface area contributed by atoms with Crippen LogP contribution in [0.4, 0.5) is 0 Å². The van der Waals surface area contributed by atoms with Crippen molar-refractivity contribution in [3.8, 4) is 0 Å². The minimum Gasteiger partial charge on any atom is -0.468 e. The van der Waals surface area contributed by atoms with Crippen molar-refractivity contribution in [3.05, 3.63) is 58.5 Å². The third-order valence-corrected chi connectivity index (χ3v) is 4.02. The van der Waals surface area contributed by atoms with E-state index < -0.39 is 0 Å². The van der Waals surface area contributed by atoms with Crippen LogP contribution in [0.3, 0.4) is 0 Å². The lowest BCUT2D eigenvalue weighted by atomic mass is 10.1. The summed E-state index contributed by atoms with van der Waals surface area (Å²) in [7, 11) is 0. The molecule has 1 heterocycles.